The van der Waals surface area contributed by atoms with Crippen LogP contribution in [0.3, 0.4) is 0 Å². The Morgan fingerprint density at radius 2 is 2.08 bits per heavy atom. The van der Waals surface area contributed by atoms with Crippen LogP contribution in [0.5, 0.6) is 11.8 Å². The lowest BCUT2D eigenvalue weighted by atomic mass is 10.2. The van der Waals surface area contributed by atoms with Gasteiger partial charge in [-0.3, -0.25) is 14.9 Å². The molecule has 13 nitrogen and oxygen atoms in total. The van der Waals surface area contributed by atoms with Crippen molar-refractivity contribution < 1.29 is 23.6 Å². The fraction of sp³-hybridized carbons (Fsp3) is 0.348. The van der Waals surface area contributed by atoms with E-state index in [1.54, 1.807) is 35.7 Å². The van der Waals surface area contributed by atoms with Crippen molar-refractivity contribution in [3.63, 3.8) is 0 Å². The van der Waals surface area contributed by atoms with Crippen LogP contribution in [-0.4, -0.2) is 48.8 Å². The molecule has 188 valence electrons. The van der Waals surface area contributed by atoms with E-state index in [0.717, 1.165) is 17.6 Å². The van der Waals surface area contributed by atoms with Crippen LogP contribution in [-0.2, 0) is 23.1 Å². The van der Waals surface area contributed by atoms with Crippen molar-refractivity contribution in [2.75, 3.05) is 18.1 Å². The second-order valence-electron chi connectivity index (χ2n) is 7.97. The third-order valence-corrected chi connectivity index (χ3v) is 5.35. The van der Waals surface area contributed by atoms with Crippen molar-refractivity contribution in [2.45, 2.75) is 33.7 Å². The van der Waals surface area contributed by atoms with E-state index in [1.807, 2.05) is 19.9 Å². The number of ether oxygens (including phenoxy) is 2. The summed E-state index contributed by atoms with van der Waals surface area (Å²) in [6.07, 6.45) is 2.64. The lowest BCUT2D eigenvalue weighted by Gasteiger charge is -2.22. The molecule has 0 aliphatic carbocycles. The highest BCUT2D eigenvalue weighted by Gasteiger charge is 2.31. The number of pyridine rings is 1. The summed E-state index contributed by atoms with van der Waals surface area (Å²) in [7, 11) is 1.71. The van der Waals surface area contributed by atoms with E-state index in [4.69, 9.17) is 13.9 Å². The van der Waals surface area contributed by atoms with Crippen molar-refractivity contribution in [3.8, 4) is 11.8 Å². The van der Waals surface area contributed by atoms with Crippen LogP contribution in [0.15, 0.2) is 35.2 Å². The minimum atomic E-state index is -0.620. The van der Waals surface area contributed by atoms with Gasteiger partial charge in [-0.05, 0) is 44.5 Å². The Bertz CT molecular complexity index is 1400. The highest BCUT2D eigenvalue weighted by Crippen LogP contribution is 2.38. The Morgan fingerprint density at radius 3 is 2.78 bits per heavy atom. The van der Waals surface area contributed by atoms with Gasteiger partial charge in [0.25, 0.3) is 0 Å². The van der Waals surface area contributed by atoms with Crippen LogP contribution in [0.25, 0.3) is 11.0 Å². The zero-order valence-corrected chi connectivity index (χ0v) is 20.3. The number of fused-ring (bicyclic) bond motifs is 1. The monoisotopic (exact) mass is 495 g/mol. The summed E-state index contributed by atoms with van der Waals surface area (Å²) < 4.78 is 17.9. The molecule has 0 N–H and O–H groups in total. The number of esters is 1. The van der Waals surface area contributed by atoms with E-state index < -0.39 is 16.6 Å². The quantitative estimate of drug-likeness (QED) is 0.180. The third kappa shape index (κ3) is 5.09. The van der Waals surface area contributed by atoms with Gasteiger partial charge in [0.15, 0.2) is 5.65 Å². The molecular weight excluding hydrogens is 470 g/mol. The minimum absolute atomic E-state index is 0.0129. The normalized spacial score (nSPS) is 11.0. The number of furan rings is 1. The molecule has 36 heavy (non-hydrogen) atoms. The predicted molar refractivity (Wildman–Crippen MR) is 128 cm³/mol. The van der Waals surface area contributed by atoms with Crippen molar-refractivity contribution in [2.24, 2.45) is 7.05 Å². The highest BCUT2D eigenvalue weighted by atomic mass is 16.6. The van der Waals surface area contributed by atoms with Crippen LogP contribution >= 0.6 is 0 Å². The highest BCUT2D eigenvalue weighted by molar-refractivity contribution is 5.85. The topological polar surface area (TPSA) is 152 Å². The van der Waals surface area contributed by atoms with Gasteiger partial charge in [-0.2, -0.15) is 4.98 Å². The van der Waals surface area contributed by atoms with E-state index >= 15 is 0 Å². The number of carbonyl (C=O) groups is 1. The SMILES string of the molecule is CCOC(=O)CCN(Cc1ccco1)c1ncnc(Oc2nn(C)c3nc(C)cc(C)c23)c1[N+](=O)[O-]. The number of hydrogen-bond acceptors (Lipinski definition) is 11. The zero-order valence-electron chi connectivity index (χ0n) is 20.3. The first kappa shape index (κ1) is 24.6. The fourth-order valence-corrected chi connectivity index (χ4v) is 3.84. The van der Waals surface area contributed by atoms with E-state index in [9.17, 15) is 14.9 Å². The van der Waals surface area contributed by atoms with E-state index in [1.165, 1.54) is 6.26 Å². The maximum Gasteiger partial charge on any atom is 0.373 e. The number of carbonyl (C=O) groups excluding carboxylic acids is 1. The summed E-state index contributed by atoms with van der Waals surface area (Å²) >= 11 is 0. The van der Waals surface area contributed by atoms with Gasteiger partial charge in [-0.1, -0.05) is 0 Å². The van der Waals surface area contributed by atoms with Gasteiger partial charge in [-0.15, -0.1) is 5.10 Å². The number of nitro groups is 1. The van der Waals surface area contributed by atoms with Crippen LogP contribution in [0.1, 0.15) is 30.4 Å². The molecule has 0 radical (unpaired) electrons. The maximum absolute atomic E-state index is 12.2. The summed E-state index contributed by atoms with van der Waals surface area (Å²) in [5, 5.41) is 17.2. The van der Waals surface area contributed by atoms with Crippen molar-refractivity contribution in [1.82, 2.24) is 24.7 Å². The molecule has 4 aromatic rings. The summed E-state index contributed by atoms with van der Waals surface area (Å²) in [6, 6.07) is 5.29. The zero-order chi connectivity index (χ0) is 25.8. The molecule has 0 amide bonds. The molecule has 0 saturated carbocycles. The fourth-order valence-electron chi connectivity index (χ4n) is 3.84. The first-order valence-electron chi connectivity index (χ1n) is 11.2. The van der Waals surface area contributed by atoms with Crippen LogP contribution in [0.2, 0.25) is 0 Å². The number of nitrogens with zero attached hydrogens (tertiary/aromatic N) is 7. The van der Waals surface area contributed by atoms with Crippen molar-refractivity contribution >= 4 is 28.5 Å². The predicted octanol–water partition coefficient (Wildman–Crippen LogP) is 3.63. The molecule has 4 aromatic heterocycles. The van der Waals surface area contributed by atoms with Gasteiger partial charge >= 0.3 is 17.5 Å². The molecule has 0 aliphatic rings. The molecule has 0 fully saturated rings. The van der Waals surface area contributed by atoms with Crippen molar-refractivity contribution in [3.05, 3.63) is 57.9 Å². The van der Waals surface area contributed by atoms with Crippen LogP contribution in [0, 0.1) is 24.0 Å². The summed E-state index contributed by atoms with van der Waals surface area (Å²) in [5.74, 6) is -0.0908. The van der Waals surface area contributed by atoms with Gasteiger partial charge < -0.3 is 18.8 Å². The van der Waals surface area contributed by atoms with Gasteiger partial charge in [0.05, 0.1) is 36.1 Å². The Kier molecular flexibility index (Phi) is 7.08. The first-order valence-corrected chi connectivity index (χ1v) is 11.2. The second-order valence-corrected chi connectivity index (χ2v) is 7.97. The van der Waals surface area contributed by atoms with Crippen LogP contribution < -0.4 is 9.64 Å². The minimum Gasteiger partial charge on any atom is -0.467 e. The molecular formula is C23H25N7O6. The average molecular weight is 495 g/mol. The molecule has 0 bridgehead atoms. The van der Waals surface area contributed by atoms with E-state index in [-0.39, 0.29) is 43.7 Å². The number of hydrogen-bond donors (Lipinski definition) is 0. The van der Waals surface area contributed by atoms with Gasteiger partial charge in [0.1, 0.15) is 12.1 Å². The summed E-state index contributed by atoms with van der Waals surface area (Å²) in [5.41, 5.74) is 1.77. The van der Waals surface area contributed by atoms with Gasteiger partial charge in [0.2, 0.25) is 11.7 Å². The Labute approximate surface area is 205 Å². The largest absolute Gasteiger partial charge is 0.467 e. The van der Waals surface area contributed by atoms with Gasteiger partial charge in [0, 0.05) is 19.3 Å². The number of rotatable bonds is 10. The second kappa shape index (κ2) is 10.4. The number of aromatic nitrogens is 5. The number of anilines is 1. The molecule has 13 heteroatoms. The number of aryl methyl sites for hydroxylation is 3. The molecule has 0 aromatic carbocycles. The third-order valence-electron chi connectivity index (χ3n) is 5.35. The molecule has 4 heterocycles. The Morgan fingerprint density at radius 1 is 1.28 bits per heavy atom. The van der Waals surface area contributed by atoms with Crippen LogP contribution in [0.4, 0.5) is 11.5 Å². The molecule has 0 atom stereocenters. The molecule has 0 aliphatic heterocycles. The van der Waals surface area contributed by atoms with Gasteiger partial charge in [-0.25, -0.2) is 14.6 Å². The molecule has 0 saturated heterocycles. The standard InChI is InChI=1S/C23H25N7O6/c1-5-34-17(31)8-9-29(12-16-7-6-10-35-16)21-19(30(32)33)23(25-13-24-21)36-22-18-14(2)11-15(3)26-20(18)28(4)27-22/h6-7,10-11,13H,5,8-9,12H2,1-4H3. The Balaban J connectivity index is 1.75. The first-order chi connectivity index (χ1) is 17.3. The van der Waals surface area contributed by atoms with E-state index in [0.29, 0.717) is 16.8 Å². The van der Waals surface area contributed by atoms with E-state index in [2.05, 4.69) is 20.1 Å². The Hall–Kier alpha value is -4.55. The molecule has 0 spiro atoms. The lowest BCUT2D eigenvalue weighted by molar-refractivity contribution is -0.385. The average Bonchev–Trinajstić information content (AvgIpc) is 3.44. The summed E-state index contributed by atoms with van der Waals surface area (Å²) in [4.78, 5) is 37.9. The van der Waals surface area contributed by atoms with Crippen molar-refractivity contribution in [1.29, 1.82) is 0 Å². The smallest absolute Gasteiger partial charge is 0.373 e. The maximum atomic E-state index is 12.2. The molecule has 4 rings (SSSR count). The molecule has 0 unspecified atom stereocenters. The summed E-state index contributed by atoms with van der Waals surface area (Å²) in [6.45, 7) is 5.90. The lowest BCUT2D eigenvalue weighted by Crippen LogP contribution is -2.28.